The molecule has 1 aliphatic carbocycles. The van der Waals surface area contributed by atoms with Gasteiger partial charge in [0.15, 0.2) is 0 Å². The fraction of sp³-hybridized carbons (Fsp3) is 0.143. The highest BCUT2D eigenvalue weighted by Crippen LogP contribution is 2.40. The molecule has 0 radical (unpaired) electrons. The lowest BCUT2D eigenvalue weighted by molar-refractivity contribution is 1.25. The van der Waals surface area contributed by atoms with Gasteiger partial charge in [0, 0.05) is 11.4 Å². The van der Waals surface area contributed by atoms with E-state index >= 15 is 0 Å². The molecule has 1 heteroatoms. The summed E-state index contributed by atoms with van der Waals surface area (Å²) in [6.07, 6.45) is 0.978. The molecule has 0 fully saturated rings. The Balaban J connectivity index is 2.31. The van der Waals surface area contributed by atoms with E-state index < -0.39 is 0 Å². The number of benzene rings is 2. The molecule has 0 amide bonds. The van der Waals surface area contributed by atoms with E-state index in [2.05, 4.69) is 43.3 Å². The normalized spacial score (nSPS) is 12.4. The van der Waals surface area contributed by atoms with Crippen LogP contribution in [0.2, 0.25) is 5.02 Å². The Bertz CT molecular complexity index is 541. The van der Waals surface area contributed by atoms with Crippen LogP contribution in [0.1, 0.15) is 16.7 Å². The van der Waals surface area contributed by atoms with Gasteiger partial charge in [-0.05, 0) is 34.7 Å². The topological polar surface area (TPSA) is 0 Å². The molecule has 74 valence electrons. The molecule has 0 aromatic heterocycles. The van der Waals surface area contributed by atoms with Crippen LogP contribution in [0.25, 0.3) is 11.1 Å². The van der Waals surface area contributed by atoms with Crippen molar-refractivity contribution in [2.24, 2.45) is 0 Å². The fourth-order valence-electron chi connectivity index (χ4n) is 2.29. The van der Waals surface area contributed by atoms with Crippen LogP contribution in [0.3, 0.4) is 0 Å². The second-order valence-electron chi connectivity index (χ2n) is 4.06. The number of fused-ring (bicyclic) bond motifs is 3. The smallest absolute Gasteiger partial charge is 0.0476 e. The standard InChI is InChI=1S/C14H11Cl/c1-9-6-7-12-11-5-3-2-4-10(11)8-13(12)14(9)15/h2-7H,8H2,1H3. The summed E-state index contributed by atoms with van der Waals surface area (Å²) < 4.78 is 0. The van der Waals surface area contributed by atoms with E-state index in [1.54, 1.807) is 0 Å². The van der Waals surface area contributed by atoms with Crippen LogP contribution in [0.4, 0.5) is 0 Å². The molecule has 0 spiro atoms. The van der Waals surface area contributed by atoms with Gasteiger partial charge in [0.1, 0.15) is 0 Å². The zero-order valence-electron chi connectivity index (χ0n) is 8.55. The van der Waals surface area contributed by atoms with Gasteiger partial charge in [-0.3, -0.25) is 0 Å². The molecule has 2 aromatic carbocycles. The number of hydrogen-bond donors (Lipinski definition) is 0. The Morgan fingerprint density at radius 1 is 1.00 bits per heavy atom. The first-order valence-corrected chi connectivity index (χ1v) is 5.51. The van der Waals surface area contributed by atoms with Crippen LogP contribution in [-0.4, -0.2) is 0 Å². The zero-order valence-corrected chi connectivity index (χ0v) is 9.31. The summed E-state index contributed by atoms with van der Waals surface area (Å²) in [6, 6.07) is 12.8. The monoisotopic (exact) mass is 214 g/mol. The molecule has 3 rings (SSSR count). The van der Waals surface area contributed by atoms with Crippen molar-refractivity contribution in [3.63, 3.8) is 0 Å². The Hall–Kier alpha value is -1.27. The number of aryl methyl sites for hydroxylation is 1. The minimum Gasteiger partial charge on any atom is -0.0837 e. The van der Waals surface area contributed by atoms with Crippen LogP contribution in [0, 0.1) is 6.92 Å². The van der Waals surface area contributed by atoms with E-state index in [4.69, 9.17) is 11.6 Å². The van der Waals surface area contributed by atoms with Gasteiger partial charge < -0.3 is 0 Å². The summed E-state index contributed by atoms with van der Waals surface area (Å²) in [7, 11) is 0. The number of halogens is 1. The molecule has 0 heterocycles. The third kappa shape index (κ3) is 1.22. The van der Waals surface area contributed by atoms with E-state index in [1.807, 2.05) is 0 Å². The van der Waals surface area contributed by atoms with E-state index in [1.165, 1.54) is 27.8 Å². The first kappa shape index (κ1) is 8.99. The number of hydrogen-bond acceptors (Lipinski definition) is 0. The highest BCUT2D eigenvalue weighted by atomic mass is 35.5. The lowest BCUT2D eigenvalue weighted by Crippen LogP contribution is -1.85. The van der Waals surface area contributed by atoms with Crippen LogP contribution in [-0.2, 0) is 6.42 Å². The third-order valence-corrected chi connectivity index (χ3v) is 3.64. The Kier molecular flexibility index (Phi) is 1.86. The van der Waals surface area contributed by atoms with Crippen molar-refractivity contribution in [2.75, 3.05) is 0 Å². The molecular weight excluding hydrogens is 204 g/mol. The van der Waals surface area contributed by atoms with Crippen LogP contribution < -0.4 is 0 Å². The predicted molar refractivity (Wildman–Crippen MR) is 64.4 cm³/mol. The molecule has 0 atom stereocenters. The Morgan fingerprint density at radius 2 is 1.80 bits per heavy atom. The quantitative estimate of drug-likeness (QED) is 0.526. The summed E-state index contributed by atoms with van der Waals surface area (Å²) >= 11 is 6.33. The summed E-state index contributed by atoms with van der Waals surface area (Å²) in [5, 5.41) is 0.934. The van der Waals surface area contributed by atoms with Gasteiger partial charge in [-0.25, -0.2) is 0 Å². The molecule has 0 bridgehead atoms. The maximum absolute atomic E-state index is 6.33. The third-order valence-electron chi connectivity index (χ3n) is 3.11. The predicted octanol–water partition coefficient (Wildman–Crippen LogP) is 4.22. The van der Waals surface area contributed by atoms with Crippen molar-refractivity contribution in [3.05, 3.63) is 58.1 Å². The molecule has 0 unspecified atom stereocenters. The summed E-state index contributed by atoms with van der Waals surface area (Å²) in [5.41, 5.74) is 6.50. The minimum absolute atomic E-state index is 0.934. The average Bonchev–Trinajstić information content (AvgIpc) is 2.63. The van der Waals surface area contributed by atoms with E-state index in [0.717, 1.165) is 11.4 Å². The average molecular weight is 215 g/mol. The molecular formula is C14H11Cl. The van der Waals surface area contributed by atoms with Crippen molar-refractivity contribution in [3.8, 4) is 11.1 Å². The van der Waals surface area contributed by atoms with E-state index in [-0.39, 0.29) is 0 Å². The second-order valence-corrected chi connectivity index (χ2v) is 4.43. The van der Waals surface area contributed by atoms with Crippen LogP contribution >= 0.6 is 11.6 Å². The molecule has 0 nitrogen and oxygen atoms in total. The van der Waals surface area contributed by atoms with Gasteiger partial charge >= 0.3 is 0 Å². The summed E-state index contributed by atoms with van der Waals surface area (Å²) in [5.74, 6) is 0. The maximum Gasteiger partial charge on any atom is 0.0476 e. The van der Waals surface area contributed by atoms with Crippen LogP contribution in [0.5, 0.6) is 0 Å². The van der Waals surface area contributed by atoms with Gasteiger partial charge in [-0.15, -0.1) is 0 Å². The molecule has 0 saturated heterocycles. The van der Waals surface area contributed by atoms with Crippen molar-refractivity contribution in [1.29, 1.82) is 0 Å². The molecule has 1 aliphatic rings. The molecule has 2 aromatic rings. The van der Waals surface area contributed by atoms with E-state index in [9.17, 15) is 0 Å². The van der Waals surface area contributed by atoms with Crippen LogP contribution in [0.15, 0.2) is 36.4 Å². The largest absolute Gasteiger partial charge is 0.0837 e. The maximum atomic E-state index is 6.33. The second kappa shape index (κ2) is 3.11. The van der Waals surface area contributed by atoms with Crippen molar-refractivity contribution >= 4 is 11.6 Å². The first-order valence-electron chi connectivity index (χ1n) is 5.13. The number of rotatable bonds is 0. The SMILES string of the molecule is Cc1ccc2c(c1Cl)Cc1ccccc1-2. The zero-order chi connectivity index (χ0) is 10.4. The van der Waals surface area contributed by atoms with Crippen molar-refractivity contribution in [1.82, 2.24) is 0 Å². The Morgan fingerprint density at radius 3 is 2.67 bits per heavy atom. The molecule has 0 saturated carbocycles. The Labute approximate surface area is 94.5 Å². The van der Waals surface area contributed by atoms with Gasteiger partial charge in [-0.2, -0.15) is 0 Å². The molecule has 0 aliphatic heterocycles. The lowest BCUT2D eigenvalue weighted by Gasteiger charge is -2.05. The first-order chi connectivity index (χ1) is 7.27. The van der Waals surface area contributed by atoms with Gasteiger partial charge in [0.25, 0.3) is 0 Å². The fourth-order valence-corrected chi connectivity index (χ4v) is 2.52. The van der Waals surface area contributed by atoms with E-state index in [0.29, 0.717) is 0 Å². The summed E-state index contributed by atoms with van der Waals surface area (Å²) in [4.78, 5) is 0. The highest BCUT2D eigenvalue weighted by molar-refractivity contribution is 6.32. The van der Waals surface area contributed by atoms with Gasteiger partial charge in [-0.1, -0.05) is 48.0 Å². The van der Waals surface area contributed by atoms with Gasteiger partial charge in [0.2, 0.25) is 0 Å². The van der Waals surface area contributed by atoms with Gasteiger partial charge in [0.05, 0.1) is 0 Å². The van der Waals surface area contributed by atoms with Crippen molar-refractivity contribution in [2.45, 2.75) is 13.3 Å². The van der Waals surface area contributed by atoms with Crippen molar-refractivity contribution < 1.29 is 0 Å². The highest BCUT2D eigenvalue weighted by Gasteiger charge is 2.20. The molecule has 15 heavy (non-hydrogen) atoms. The minimum atomic E-state index is 0.934. The summed E-state index contributed by atoms with van der Waals surface area (Å²) in [6.45, 7) is 2.06. The molecule has 0 N–H and O–H groups in total. The lowest BCUT2D eigenvalue weighted by atomic mass is 10.0.